The predicted molar refractivity (Wildman–Crippen MR) is 68.2 cm³/mol. The first-order valence-electron chi connectivity index (χ1n) is 6.21. The van der Waals surface area contributed by atoms with Gasteiger partial charge in [-0.05, 0) is 44.2 Å². The molecule has 88 valence electrons. The quantitative estimate of drug-likeness (QED) is 0.841. The summed E-state index contributed by atoms with van der Waals surface area (Å²) in [6.07, 6.45) is 7.56. The second kappa shape index (κ2) is 5.48. The lowest BCUT2D eigenvalue weighted by atomic mass is 10.00. The summed E-state index contributed by atoms with van der Waals surface area (Å²) in [5.41, 5.74) is 1.42. The standard InChI is InChI=1S/C13H19NOS/c1-2-14-13(15)12-9-10-7-5-3-4-6-8-11(10)16-12/h9H,2-8H2,1H3,(H,14,15). The molecule has 2 nitrogen and oxygen atoms in total. The fraction of sp³-hybridized carbons (Fsp3) is 0.615. The van der Waals surface area contributed by atoms with Gasteiger partial charge < -0.3 is 5.32 Å². The van der Waals surface area contributed by atoms with Crippen molar-refractivity contribution in [3.63, 3.8) is 0 Å². The van der Waals surface area contributed by atoms with Crippen LogP contribution in [0.4, 0.5) is 0 Å². The zero-order chi connectivity index (χ0) is 11.4. The first-order chi connectivity index (χ1) is 7.81. The predicted octanol–water partition coefficient (Wildman–Crippen LogP) is 3.16. The molecule has 3 heteroatoms. The summed E-state index contributed by atoms with van der Waals surface area (Å²) in [6.45, 7) is 2.67. The van der Waals surface area contributed by atoms with E-state index in [1.165, 1.54) is 42.5 Å². The monoisotopic (exact) mass is 237 g/mol. The summed E-state index contributed by atoms with van der Waals surface area (Å²) in [5.74, 6) is 0.0965. The zero-order valence-corrected chi connectivity index (χ0v) is 10.7. The Hall–Kier alpha value is -0.830. The van der Waals surface area contributed by atoms with E-state index >= 15 is 0 Å². The van der Waals surface area contributed by atoms with E-state index < -0.39 is 0 Å². The van der Waals surface area contributed by atoms with Crippen molar-refractivity contribution in [2.45, 2.75) is 45.4 Å². The molecule has 0 spiro atoms. The average Bonchev–Trinajstić information content (AvgIpc) is 2.61. The Balaban J connectivity index is 2.17. The van der Waals surface area contributed by atoms with Gasteiger partial charge in [0.15, 0.2) is 0 Å². The number of fused-ring (bicyclic) bond motifs is 1. The van der Waals surface area contributed by atoms with Crippen LogP contribution in [0.1, 0.15) is 52.7 Å². The van der Waals surface area contributed by atoms with Gasteiger partial charge >= 0.3 is 0 Å². The van der Waals surface area contributed by atoms with Crippen molar-refractivity contribution in [3.8, 4) is 0 Å². The molecule has 1 aliphatic rings. The van der Waals surface area contributed by atoms with Gasteiger partial charge in [-0.3, -0.25) is 4.79 Å². The third-order valence-corrected chi connectivity index (χ3v) is 4.29. The highest BCUT2D eigenvalue weighted by molar-refractivity contribution is 7.14. The molecule has 1 amide bonds. The van der Waals surface area contributed by atoms with Gasteiger partial charge in [-0.15, -0.1) is 11.3 Å². The van der Waals surface area contributed by atoms with Gasteiger partial charge in [0.1, 0.15) is 0 Å². The zero-order valence-electron chi connectivity index (χ0n) is 9.84. The molecule has 0 aliphatic heterocycles. The Morgan fingerprint density at radius 2 is 2.06 bits per heavy atom. The van der Waals surface area contributed by atoms with Crippen LogP contribution in [-0.2, 0) is 12.8 Å². The molecule has 1 aliphatic carbocycles. The van der Waals surface area contributed by atoms with Gasteiger partial charge in [0, 0.05) is 11.4 Å². The summed E-state index contributed by atoms with van der Waals surface area (Å²) < 4.78 is 0. The van der Waals surface area contributed by atoms with Crippen LogP contribution in [0.25, 0.3) is 0 Å². The minimum atomic E-state index is 0.0965. The van der Waals surface area contributed by atoms with Crippen LogP contribution in [0.3, 0.4) is 0 Å². The number of carbonyl (C=O) groups is 1. The Labute approximate surface area is 101 Å². The van der Waals surface area contributed by atoms with Gasteiger partial charge in [0.2, 0.25) is 0 Å². The number of aryl methyl sites for hydroxylation is 2. The van der Waals surface area contributed by atoms with E-state index in [0.717, 1.165) is 11.3 Å². The highest BCUT2D eigenvalue weighted by atomic mass is 32.1. The molecule has 1 aromatic heterocycles. The molecule has 0 atom stereocenters. The van der Waals surface area contributed by atoms with Gasteiger partial charge in [0.25, 0.3) is 5.91 Å². The summed E-state index contributed by atoms with van der Waals surface area (Å²) in [4.78, 5) is 14.1. The minimum Gasteiger partial charge on any atom is -0.352 e. The van der Waals surface area contributed by atoms with Crippen LogP contribution in [0.2, 0.25) is 0 Å². The van der Waals surface area contributed by atoms with Gasteiger partial charge in [-0.25, -0.2) is 0 Å². The van der Waals surface area contributed by atoms with E-state index in [-0.39, 0.29) is 5.91 Å². The van der Waals surface area contributed by atoms with Crippen LogP contribution in [0.5, 0.6) is 0 Å². The molecule has 0 fully saturated rings. The summed E-state index contributed by atoms with van der Waals surface area (Å²) in [6, 6.07) is 2.11. The largest absolute Gasteiger partial charge is 0.352 e. The summed E-state index contributed by atoms with van der Waals surface area (Å²) in [7, 11) is 0. The molecule has 0 saturated heterocycles. The number of nitrogens with one attached hydrogen (secondary N) is 1. The highest BCUT2D eigenvalue weighted by Gasteiger charge is 2.15. The van der Waals surface area contributed by atoms with E-state index in [1.54, 1.807) is 11.3 Å². The maximum absolute atomic E-state index is 11.7. The molecule has 16 heavy (non-hydrogen) atoms. The van der Waals surface area contributed by atoms with E-state index in [2.05, 4.69) is 11.4 Å². The lowest BCUT2D eigenvalue weighted by Crippen LogP contribution is -2.21. The topological polar surface area (TPSA) is 29.1 Å². The van der Waals surface area contributed by atoms with E-state index in [0.29, 0.717) is 6.54 Å². The molecule has 2 rings (SSSR count). The second-order valence-corrected chi connectivity index (χ2v) is 5.47. The summed E-state index contributed by atoms with van der Waals surface area (Å²) >= 11 is 1.69. The van der Waals surface area contributed by atoms with Crippen molar-refractivity contribution in [2.75, 3.05) is 6.54 Å². The molecule has 0 bridgehead atoms. The fourth-order valence-corrected chi connectivity index (χ4v) is 3.37. The number of rotatable bonds is 2. The average molecular weight is 237 g/mol. The maximum Gasteiger partial charge on any atom is 0.261 e. The molecule has 0 unspecified atom stereocenters. The first-order valence-corrected chi connectivity index (χ1v) is 7.02. The Bertz CT molecular complexity index is 345. The van der Waals surface area contributed by atoms with Gasteiger partial charge in [-0.2, -0.15) is 0 Å². The molecule has 1 aromatic rings. The Morgan fingerprint density at radius 3 is 2.81 bits per heavy atom. The smallest absolute Gasteiger partial charge is 0.261 e. The number of hydrogen-bond donors (Lipinski definition) is 1. The second-order valence-electron chi connectivity index (χ2n) is 4.33. The Kier molecular flexibility index (Phi) is 3.99. The lowest BCUT2D eigenvalue weighted by Gasteiger charge is -2.07. The normalized spacial score (nSPS) is 16.1. The molecule has 1 N–H and O–H groups in total. The van der Waals surface area contributed by atoms with Crippen LogP contribution < -0.4 is 5.32 Å². The van der Waals surface area contributed by atoms with Crippen molar-refractivity contribution in [1.29, 1.82) is 0 Å². The van der Waals surface area contributed by atoms with Crippen molar-refractivity contribution in [3.05, 3.63) is 21.4 Å². The fourth-order valence-electron chi connectivity index (χ4n) is 2.20. The lowest BCUT2D eigenvalue weighted by molar-refractivity contribution is 0.0960. The van der Waals surface area contributed by atoms with Crippen LogP contribution in [-0.4, -0.2) is 12.5 Å². The number of carbonyl (C=O) groups excluding carboxylic acids is 1. The van der Waals surface area contributed by atoms with Crippen molar-refractivity contribution in [1.82, 2.24) is 5.32 Å². The van der Waals surface area contributed by atoms with E-state index in [4.69, 9.17) is 0 Å². The highest BCUT2D eigenvalue weighted by Crippen LogP contribution is 2.28. The van der Waals surface area contributed by atoms with E-state index in [1.807, 2.05) is 6.92 Å². The first kappa shape index (κ1) is 11.6. The van der Waals surface area contributed by atoms with Crippen LogP contribution in [0, 0.1) is 0 Å². The molecule has 1 heterocycles. The van der Waals surface area contributed by atoms with Crippen molar-refractivity contribution < 1.29 is 4.79 Å². The number of hydrogen-bond acceptors (Lipinski definition) is 2. The SMILES string of the molecule is CCNC(=O)c1cc2c(s1)CCCCCC2. The molecular formula is C13H19NOS. The van der Waals surface area contributed by atoms with Crippen LogP contribution >= 0.6 is 11.3 Å². The minimum absolute atomic E-state index is 0.0965. The third kappa shape index (κ3) is 2.64. The van der Waals surface area contributed by atoms with Crippen molar-refractivity contribution in [2.24, 2.45) is 0 Å². The molecule has 0 radical (unpaired) electrons. The third-order valence-electron chi connectivity index (χ3n) is 3.06. The molecular weight excluding hydrogens is 218 g/mol. The van der Waals surface area contributed by atoms with Gasteiger partial charge in [0.05, 0.1) is 4.88 Å². The number of thiophene rings is 1. The van der Waals surface area contributed by atoms with Gasteiger partial charge in [-0.1, -0.05) is 12.8 Å². The summed E-state index contributed by atoms with van der Waals surface area (Å²) in [5, 5.41) is 2.87. The maximum atomic E-state index is 11.7. The number of amides is 1. The molecule has 0 aromatic carbocycles. The van der Waals surface area contributed by atoms with Crippen LogP contribution in [0.15, 0.2) is 6.07 Å². The van der Waals surface area contributed by atoms with Crippen molar-refractivity contribution >= 4 is 17.2 Å². The Morgan fingerprint density at radius 1 is 1.31 bits per heavy atom. The van der Waals surface area contributed by atoms with E-state index in [9.17, 15) is 4.79 Å². The molecule has 0 saturated carbocycles.